The first-order valence-electron chi connectivity index (χ1n) is 7.82. The average Bonchev–Trinajstić information content (AvgIpc) is 2.56. The number of aryl methyl sites for hydroxylation is 3. The van der Waals surface area contributed by atoms with Gasteiger partial charge in [-0.15, -0.1) is 0 Å². The Morgan fingerprint density at radius 1 is 1.04 bits per heavy atom. The highest BCUT2D eigenvalue weighted by molar-refractivity contribution is 5.96. The van der Waals surface area contributed by atoms with Crippen LogP contribution >= 0.6 is 0 Å². The lowest BCUT2D eigenvalue weighted by Crippen LogP contribution is -3.00. The van der Waals surface area contributed by atoms with Gasteiger partial charge in [0.25, 0.3) is 0 Å². The number of esters is 1. The third kappa shape index (κ3) is 3.91. The number of aromatic nitrogens is 1. The molecule has 0 spiro atoms. The maximum Gasteiger partial charge on any atom is 0.337 e. The number of halogens is 1. The summed E-state index contributed by atoms with van der Waals surface area (Å²) < 4.78 is 4.73. The lowest BCUT2D eigenvalue weighted by atomic mass is 10.0. The zero-order valence-corrected chi connectivity index (χ0v) is 15.4. The maximum absolute atomic E-state index is 11.5. The summed E-state index contributed by atoms with van der Waals surface area (Å²) in [7, 11) is 1.38. The fourth-order valence-electron chi connectivity index (χ4n) is 2.88. The largest absolute Gasteiger partial charge is 1.00 e. The molecule has 0 bridgehead atoms. The summed E-state index contributed by atoms with van der Waals surface area (Å²) in [6.07, 6.45) is 0. The molecule has 0 saturated carbocycles. The highest BCUT2D eigenvalue weighted by Gasteiger charge is 2.09. The summed E-state index contributed by atoms with van der Waals surface area (Å²) in [5.41, 5.74) is 6.79. The maximum atomic E-state index is 11.5. The lowest BCUT2D eigenvalue weighted by Gasteiger charge is -2.13. The smallest absolute Gasteiger partial charge is 0.337 e. The van der Waals surface area contributed by atoms with Gasteiger partial charge in [-0.1, -0.05) is 11.6 Å². The number of carbonyl (C=O) groups excluding carboxylic acids is 1. The number of pyridine rings is 1. The normalized spacial score (nSPS) is 10.2. The molecule has 0 aliphatic heterocycles. The molecule has 2 aromatic carbocycles. The number of anilines is 2. The molecular weight excluding hydrogens is 336 g/mol. The van der Waals surface area contributed by atoms with Gasteiger partial charge in [0, 0.05) is 22.5 Å². The van der Waals surface area contributed by atoms with E-state index in [4.69, 9.17) is 4.74 Å². The van der Waals surface area contributed by atoms with Crippen LogP contribution in [0.15, 0.2) is 42.5 Å². The predicted octanol–water partition coefficient (Wildman–Crippen LogP) is 1.69. The van der Waals surface area contributed by atoms with Gasteiger partial charge in [0.15, 0.2) is 0 Å². The molecule has 130 valence electrons. The Balaban J connectivity index is 0.00000225. The molecule has 3 aromatic rings. The minimum Gasteiger partial charge on any atom is -1.00 e. The molecule has 25 heavy (non-hydrogen) atoms. The quantitative estimate of drug-likeness (QED) is 0.726. The van der Waals surface area contributed by atoms with Gasteiger partial charge < -0.3 is 22.5 Å². The Hall–Kier alpha value is -2.59. The monoisotopic (exact) mass is 355 g/mol. The number of rotatable bonds is 3. The van der Waals surface area contributed by atoms with Crippen LogP contribution in [-0.2, 0) is 4.74 Å². The van der Waals surface area contributed by atoms with Crippen molar-refractivity contribution in [1.82, 2.24) is 4.98 Å². The summed E-state index contributed by atoms with van der Waals surface area (Å²) in [6, 6.07) is 13.6. The first-order chi connectivity index (χ1) is 11.5. The third-order valence-electron chi connectivity index (χ3n) is 3.96. The first-order valence-corrected chi connectivity index (χ1v) is 7.82. The van der Waals surface area contributed by atoms with Crippen LogP contribution in [0.5, 0.6) is 0 Å². The van der Waals surface area contributed by atoms with E-state index in [1.807, 2.05) is 25.1 Å². The van der Waals surface area contributed by atoms with Crippen LogP contribution in [0.4, 0.5) is 11.4 Å². The zero-order valence-electron chi connectivity index (χ0n) is 14.7. The highest BCUT2D eigenvalue weighted by Crippen LogP contribution is 2.29. The fraction of sp³-hybridized carbons (Fsp3) is 0.200. The molecule has 1 heterocycles. The van der Waals surface area contributed by atoms with Crippen molar-refractivity contribution < 1.29 is 21.9 Å². The second-order valence-corrected chi connectivity index (χ2v) is 5.98. The van der Waals surface area contributed by atoms with E-state index in [9.17, 15) is 4.79 Å². The van der Waals surface area contributed by atoms with Crippen molar-refractivity contribution in [2.45, 2.75) is 20.8 Å². The number of nitrogens with zero attached hydrogens (tertiary/aromatic N) is 1. The van der Waals surface area contributed by atoms with Crippen molar-refractivity contribution in [3.8, 4) is 0 Å². The van der Waals surface area contributed by atoms with Crippen LogP contribution in [0, 0.1) is 20.8 Å². The van der Waals surface area contributed by atoms with E-state index in [0.717, 1.165) is 33.5 Å². The minimum absolute atomic E-state index is 0. The predicted molar refractivity (Wildman–Crippen MR) is 97.0 cm³/mol. The van der Waals surface area contributed by atoms with E-state index < -0.39 is 0 Å². The van der Waals surface area contributed by atoms with Gasteiger partial charge in [0.05, 0.1) is 18.2 Å². The molecule has 3 rings (SSSR count). The Labute approximate surface area is 153 Å². The van der Waals surface area contributed by atoms with Crippen molar-refractivity contribution in [3.63, 3.8) is 0 Å². The third-order valence-corrected chi connectivity index (χ3v) is 3.96. The van der Waals surface area contributed by atoms with Crippen LogP contribution in [0.2, 0.25) is 0 Å². The second kappa shape index (κ2) is 7.53. The number of hydrogen-bond donors (Lipinski definition) is 1. The van der Waals surface area contributed by atoms with Gasteiger partial charge in [-0.2, -0.15) is 0 Å². The van der Waals surface area contributed by atoms with Crippen LogP contribution in [0.1, 0.15) is 27.2 Å². The summed E-state index contributed by atoms with van der Waals surface area (Å²) in [6.45, 7) is 6.15. The molecule has 1 N–H and O–H groups in total. The van der Waals surface area contributed by atoms with Crippen molar-refractivity contribution in [2.75, 3.05) is 12.4 Å². The van der Waals surface area contributed by atoms with E-state index in [1.165, 1.54) is 12.7 Å². The van der Waals surface area contributed by atoms with E-state index >= 15 is 0 Å². The molecule has 0 unspecified atom stereocenters. The molecule has 0 atom stereocenters. The Morgan fingerprint density at radius 3 is 2.36 bits per heavy atom. The molecule has 0 amide bonds. The Kier molecular flexibility index (Phi) is 5.65. The van der Waals surface area contributed by atoms with Crippen LogP contribution in [-0.4, -0.2) is 18.1 Å². The molecular formula is C20H20ClN2O2-. The van der Waals surface area contributed by atoms with E-state index in [1.54, 1.807) is 12.1 Å². The Bertz CT molecular complexity index is 921. The molecule has 0 aliphatic rings. The summed E-state index contributed by atoms with van der Waals surface area (Å²) in [4.78, 5) is 16.2. The fourth-order valence-corrected chi connectivity index (χ4v) is 2.88. The SMILES string of the molecule is COC(=O)c1ccc(Nc2cc(C)nc3c(C)cc(C)cc23)cc1.[Cl-]. The summed E-state index contributed by atoms with van der Waals surface area (Å²) in [5, 5.41) is 4.53. The standard InChI is InChI=1S/C20H20N2O2.ClH/c1-12-9-13(2)19-17(10-12)18(11-14(3)21-19)22-16-7-5-15(6-8-16)20(23)24-4;/h5-11H,1-4H3,(H,21,22);1H/p-1. The van der Waals surface area contributed by atoms with Gasteiger partial charge in [-0.3, -0.25) is 4.98 Å². The first kappa shape index (κ1) is 18.7. The number of methoxy groups -OCH3 is 1. The molecule has 1 aromatic heterocycles. The number of ether oxygens (including phenoxy) is 1. The number of benzene rings is 2. The molecule has 0 fully saturated rings. The van der Waals surface area contributed by atoms with Gasteiger partial charge in [-0.05, 0) is 62.7 Å². The van der Waals surface area contributed by atoms with Crippen LogP contribution < -0.4 is 17.7 Å². The van der Waals surface area contributed by atoms with Crippen molar-refractivity contribution >= 4 is 28.2 Å². The van der Waals surface area contributed by atoms with Crippen LogP contribution in [0.25, 0.3) is 10.9 Å². The van der Waals surface area contributed by atoms with Gasteiger partial charge >= 0.3 is 5.97 Å². The van der Waals surface area contributed by atoms with E-state index in [0.29, 0.717) is 5.56 Å². The van der Waals surface area contributed by atoms with E-state index in [-0.39, 0.29) is 18.4 Å². The average molecular weight is 356 g/mol. The lowest BCUT2D eigenvalue weighted by molar-refractivity contribution is -0.0000197. The van der Waals surface area contributed by atoms with Crippen molar-refractivity contribution in [1.29, 1.82) is 0 Å². The topological polar surface area (TPSA) is 51.2 Å². The van der Waals surface area contributed by atoms with E-state index in [2.05, 4.69) is 36.3 Å². The second-order valence-electron chi connectivity index (χ2n) is 5.98. The highest BCUT2D eigenvalue weighted by atomic mass is 35.5. The zero-order chi connectivity index (χ0) is 17.3. The minimum atomic E-state index is -0.335. The van der Waals surface area contributed by atoms with Crippen molar-refractivity contribution in [2.24, 2.45) is 0 Å². The number of fused-ring (bicyclic) bond motifs is 1. The van der Waals surface area contributed by atoms with Gasteiger partial charge in [-0.25, -0.2) is 4.79 Å². The van der Waals surface area contributed by atoms with Crippen molar-refractivity contribution in [3.05, 3.63) is 64.8 Å². The number of carbonyl (C=O) groups is 1. The summed E-state index contributed by atoms with van der Waals surface area (Å²) >= 11 is 0. The summed E-state index contributed by atoms with van der Waals surface area (Å²) in [5.74, 6) is -0.335. The molecule has 0 aliphatic carbocycles. The molecule has 4 nitrogen and oxygen atoms in total. The number of hydrogen-bond acceptors (Lipinski definition) is 4. The van der Waals surface area contributed by atoms with Gasteiger partial charge in [0.2, 0.25) is 0 Å². The molecule has 5 heteroatoms. The molecule has 0 saturated heterocycles. The Morgan fingerprint density at radius 2 is 1.72 bits per heavy atom. The number of nitrogens with one attached hydrogen (secondary N) is 1. The van der Waals surface area contributed by atoms with Crippen LogP contribution in [0.3, 0.4) is 0 Å². The molecule has 0 radical (unpaired) electrons. The van der Waals surface area contributed by atoms with Gasteiger partial charge in [0.1, 0.15) is 0 Å².